The van der Waals surface area contributed by atoms with E-state index in [-0.39, 0.29) is 18.9 Å². The first-order chi connectivity index (χ1) is 15.3. The Hall–Kier alpha value is -2.09. The van der Waals surface area contributed by atoms with E-state index >= 15 is 0 Å². The molecule has 2 aromatic rings. The van der Waals surface area contributed by atoms with Gasteiger partial charge in [-0.1, -0.05) is 42.3 Å². The van der Waals surface area contributed by atoms with Crippen LogP contribution < -0.4 is 9.62 Å². The number of amides is 1. The molecule has 0 bridgehead atoms. The molecule has 1 N–H and O–H groups in total. The smallest absolute Gasteiger partial charge is 0.232 e. The summed E-state index contributed by atoms with van der Waals surface area (Å²) in [5.74, 6) is -0.0812. The first-order valence-corrected chi connectivity index (χ1v) is 13.3. The van der Waals surface area contributed by atoms with Crippen molar-refractivity contribution in [1.82, 2.24) is 10.2 Å². The number of halogens is 1. The van der Waals surface area contributed by atoms with Crippen LogP contribution in [0.25, 0.3) is 0 Å². The summed E-state index contributed by atoms with van der Waals surface area (Å²) in [4.78, 5) is 14.9. The van der Waals surface area contributed by atoms with Gasteiger partial charge in [-0.25, -0.2) is 8.42 Å². The highest BCUT2D eigenvalue weighted by molar-refractivity contribution is 7.92. The zero-order valence-corrected chi connectivity index (χ0v) is 20.2. The van der Waals surface area contributed by atoms with Gasteiger partial charge in [0.15, 0.2) is 0 Å². The van der Waals surface area contributed by atoms with Gasteiger partial charge in [0.25, 0.3) is 0 Å². The summed E-state index contributed by atoms with van der Waals surface area (Å²) in [6.45, 7) is 3.89. The van der Waals surface area contributed by atoms with E-state index in [4.69, 9.17) is 11.6 Å². The molecule has 0 aliphatic carbocycles. The van der Waals surface area contributed by atoms with Crippen molar-refractivity contribution >= 4 is 33.2 Å². The second-order valence-electron chi connectivity index (χ2n) is 8.30. The van der Waals surface area contributed by atoms with Crippen molar-refractivity contribution in [2.24, 2.45) is 0 Å². The molecule has 0 aromatic heterocycles. The third-order valence-corrected chi connectivity index (χ3v) is 7.16. The van der Waals surface area contributed by atoms with Gasteiger partial charge in [-0.15, -0.1) is 0 Å². The molecule has 1 fully saturated rings. The largest absolute Gasteiger partial charge is 0.352 e. The lowest BCUT2D eigenvalue weighted by atomic mass is 10.0. The molecule has 8 heteroatoms. The van der Waals surface area contributed by atoms with Crippen molar-refractivity contribution in [3.8, 4) is 0 Å². The quantitative estimate of drug-likeness (QED) is 0.557. The number of nitrogens with one attached hydrogen (secondary N) is 1. The third-order valence-electron chi connectivity index (χ3n) is 5.72. The highest BCUT2D eigenvalue weighted by Gasteiger charge is 2.18. The molecule has 0 saturated carbocycles. The molecule has 32 heavy (non-hydrogen) atoms. The number of nitrogens with zero attached hydrogens (tertiary/aromatic N) is 2. The number of piperidine rings is 1. The van der Waals surface area contributed by atoms with E-state index in [0.29, 0.717) is 23.7 Å². The Bertz CT molecular complexity index is 990. The Labute approximate surface area is 196 Å². The normalized spacial score (nSPS) is 14.8. The van der Waals surface area contributed by atoms with Crippen molar-refractivity contribution < 1.29 is 13.2 Å². The highest BCUT2D eigenvalue weighted by Crippen LogP contribution is 2.21. The lowest BCUT2D eigenvalue weighted by Crippen LogP contribution is -2.32. The second-order valence-corrected chi connectivity index (χ2v) is 10.6. The summed E-state index contributed by atoms with van der Waals surface area (Å²) in [6, 6.07) is 14.9. The predicted octanol–water partition coefficient (Wildman–Crippen LogP) is 4.19. The first-order valence-electron chi connectivity index (χ1n) is 11.1. The number of carbonyl (C=O) groups excluding carboxylic acids is 1. The van der Waals surface area contributed by atoms with Crippen LogP contribution >= 0.6 is 11.6 Å². The number of carbonyl (C=O) groups is 1. The summed E-state index contributed by atoms with van der Waals surface area (Å²) in [7, 11) is -3.45. The molecule has 1 saturated heterocycles. The Kier molecular flexibility index (Phi) is 8.96. The number of anilines is 1. The zero-order valence-electron chi connectivity index (χ0n) is 18.6. The number of benzene rings is 2. The lowest BCUT2D eigenvalue weighted by molar-refractivity contribution is -0.121. The van der Waals surface area contributed by atoms with Gasteiger partial charge in [-0.3, -0.25) is 14.0 Å². The Morgan fingerprint density at radius 2 is 1.69 bits per heavy atom. The molecule has 1 amide bonds. The van der Waals surface area contributed by atoms with Crippen LogP contribution in [0.5, 0.6) is 0 Å². The van der Waals surface area contributed by atoms with Gasteiger partial charge in [0.2, 0.25) is 15.9 Å². The maximum Gasteiger partial charge on any atom is 0.232 e. The lowest BCUT2D eigenvalue weighted by Gasteiger charge is -2.27. The Morgan fingerprint density at radius 1 is 1.03 bits per heavy atom. The fourth-order valence-corrected chi connectivity index (χ4v) is 5.09. The zero-order chi connectivity index (χ0) is 23.0. The molecule has 3 rings (SSSR count). The molecule has 0 unspecified atom stereocenters. The van der Waals surface area contributed by atoms with Gasteiger partial charge in [0.05, 0.1) is 11.9 Å². The third kappa shape index (κ3) is 7.50. The fraction of sp³-hybridized carbons (Fsp3) is 0.458. The average molecular weight is 478 g/mol. The van der Waals surface area contributed by atoms with Crippen molar-refractivity contribution in [2.75, 3.05) is 30.2 Å². The molecule has 0 radical (unpaired) electrons. The van der Waals surface area contributed by atoms with Crippen LogP contribution in [0.15, 0.2) is 48.5 Å². The minimum atomic E-state index is -3.45. The number of likely N-dealkylation sites (tertiary alicyclic amines) is 1. The van der Waals surface area contributed by atoms with Crippen molar-refractivity contribution in [2.45, 2.75) is 45.2 Å². The van der Waals surface area contributed by atoms with E-state index in [2.05, 4.69) is 22.3 Å². The van der Waals surface area contributed by atoms with E-state index < -0.39 is 10.0 Å². The summed E-state index contributed by atoms with van der Waals surface area (Å²) in [6.07, 6.45) is 5.66. The monoisotopic (exact) mass is 477 g/mol. The minimum absolute atomic E-state index is 0.0812. The topological polar surface area (TPSA) is 69.7 Å². The van der Waals surface area contributed by atoms with Crippen molar-refractivity contribution in [1.29, 1.82) is 0 Å². The molecular formula is C24H32ClN3O3S. The minimum Gasteiger partial charge on any atom is -0.352 e. The van der Waals surface area contributed by atoms with E-state index in [1.165, 1.54) is 35.4 Å². The molecular weight excluding hydrogens is 446 g/mol. The predicted molar refractivity (Wildman–Crippen MR) is 130 cm³/mol. The van der Waals surface area contributed by atoms with Crippen LogP contribution in [-0.2, 0) is 27.9 Å². The number of hydrogen-bond acceptors (Lipinski definition) is 4. The van der Waals surface area contributed by atoms with Crippen LogP contribution in [0.1, 0.15) is 43.2 Å². The SMILES string of the molecule is CS(=O)(=O)N(CCCC(=O)NCc1ccccc1CN1CCCCC1)c1ccc(Cl)cc1. The Morgan fingerprint density at radius 3 is 2.34 bits per heavy atom. The molecule has 0 atom stereocenters. The summed E-state index contributed by atoms with van der Waals surface area (Å²) in [5.41, 5.74) is 2.93. The summed E-state index contributed by atoms with van der Waals surface area (Å²) >= 11 is 5.90. The van der Waals surface area contributed by atoms with E-state index in [1.807, 2.05) is 12.1 Å². The second kappa shape index (κ2) is 11.7. The molecule has 6 nitrogen and oxygen atoms in total. The van der Waals surface area contributed by atoms with Gasteiger partial charge >= 0.3 is 0 Å². The molecule has 1 aliphatic rings. The molecule has 0 spiro atoms. The van der Waals surface area contributed by atoms with Gasteiger partial charge in [0, 0.05) is 31.1 Å². The van der Waals surface area contributed by atoms with Crippen LogP contribution in [0.4, 0.5) is 5.69 Å². The van der Waals surface area contributed by atoms with E-state index in [0.717, 1.165) is 25.2 Å². The standard InChI is InChI=1S/C24H32ClN3O3S/c1-32(30,31)28(23-13-11-22(25)12-14-23)17-7-10-24(29)26-18-20-8-3-4-9-21(20)19-27-15-5-2-6-16-27/h3-4,8-9,11-14H,2,5-7,10,15-19H2,1H3,(H,26,29). The molecule has 1 aliphatic heterocycles. The van der Waals surface area contributed by atoms with Crippen molar-refractivity contribution in [3.05, 3.63) is 64.7 Å². The Balaban J connectivity index is 1.50. The van der Waals surface area contributed by atoms with Gasteiger partial charge in [-0.05, 0) is 67.7 Å². The molecule has 2 aromatic carbocycles. The maximum absolute atomic E-state index is 12.4. The summed E-state index contributed by atoms with van der Waals surface area (Å²) < 4.78 is 25.7. The van der Waals surface area contributed by atoms with Crippen LogP contribution in [0, 0.1) is 0 Å². The summed E-state index contributed by atoms with van der Waals surface area (Å²) in [5, 5.41) is 3.54. The van der Waals surface area contributed by atoms with Crippen molar-refractivity contribution in [3.63, 3.8) is 0 Å². The van der Waals surface area contributed by atoms with Gasteiger partial charge in [-0.2, -0.15) is 0 Å². The number of sulfonamides is 1. The van der Waals surface area contributed by atoms with Gasteiger partial charge < -0.3 is 5.32 Å². The van der Waals surface area contributed by atoms with Crippen LogP contribution in [0.3, 0.4) is 0 Å². The maximum atomic E-state index is 12.4. The molecule has 174 valence electrons. The van der Waals surface area contributed by atoms with E-state index in [1.54, 1.807) is 24.3 Å². The van der Waals surface area contributed by atoms with Crippen LogP contribution in [0.2, 0.25) is 5.02 Å². The number of rotatable bonds is 10. The van der Waals surface area contributed by atoms with Crippen LogP contribution in [-0.4, -0.2) is 45.1 Å². The first kappa shape index (κ1) is 24.6. The molecule has 1 heterocycles. The van der Waals surface area contributed by atoms with Gasteiger partial charge in [0.1, 0.15) is 0 Å². The fourth-order valence-electron chi connectivity index (χ4n) is 4.00. The highest BCUT2D eigenvalue weighted by atomic mass is 35.5. The van der Waals surface area contributed by atoms with E-state index in [9.17, 15) is 13.2 Å². The number of hydrogen-bond donors (Lipinski definition) is 1. The average Bonchev–Trinajstić information content (AvgIpc) is 2.77.